The normalized spacial score (nSPS) is 13.2. The van der Waals surface area contributed by atoms with Gasteiger partial charge in [0.25, 0.3) is 0 Å². The molecule has 98 valence electrons. The smallest absolute Gasteiger partial charge is 0.305 e. The quantitative estimate of drug-likeness (QED) is 0.466. The Morgan fingerprint density at radius 3 is 2.89 bits per heavy atom. The Hall–Kier alpha value is -1.36. The Morgan fingerprint density at radius 1 is 1.33 bits per heavy atom. The number of thioether (sulfide) groups is 1. The second kappa shape index (κ2) is 6.54. The Balaban J connectivity index is 1.81. The molecule has 0 atom stereocenters. The van der Waals surface area contributed by atoms with E-state index in [9.17, 15) is 4.79 Å². The number of fused-ring (bicyclic) bond motifs is 1. The van der Waals surface area contributed by atoms with Crippen LogP contribution in [0.15, 0.2) is 23.1 Å². The maximum Gasteiger partial charge on any atom is 0.305 e. The van der Waals surface area contributed by atoms with Gasteiger partial charge in [-0.3, -0.25) is 4.79 Å². The van der Waals surface area contributed by atoms with Gasteiger partial charge in [-0.05, 0) is 30.4 Å². The van der Waals surface area contributed by atoms with Crippen LogP contribution in [0.5, 0.6) is 11.5 Å². The van der Waals surface area contributed by atoms with Crippen LogP contribution in [0, 0.1) is 0 Å². The van der Waals surface area contributed by atoms with Crippen LogP contribution in [0.4, 0.5) is 0 Å². The maximum atomic E-state index is 10.9. The van der Waals surface area contributed by atoms with Gasteiger partial charge in [-0.15, -0.1) is 11.8 Å². The number of ether oxygens (including phenoxy) is 3. The molecule has 0 aliphatic carbocycles. The fourth-order valence-electron chi connectivity index (χ4n) is 1.62. The number of hydrogen-bond donors (Lipinski definition) is 0. The number of methoxy groups -OCH3 is 1. The summed E-state index contributed by atoms with van der Waals surface area (Å²) in [4.78, 5) is 12.1. The van der Waals surface area contributed by atoms with Gasteiger partial charge in [-0.2, -0.15) is 0 Å². The minimum atomic E-state index is -0.155. The lowest BCUT2D eigenvalue weighted by Gasteiger charge is -2.18. The Morgan fingerprint density at radius 2 is 2.11 bits per heavy atom. The van der Waals surface area contributed by atoms with E-state index in [0.717, 1.165) is 28.6 Å². The largest absolute Gasteiger partial charge is 0.486 e. The first-order valence-electron chi connectivity index (χ1n) is 5.89. The first-order chi connectivity index (χ1) is 8.79. The lowest BCUT2D eigenvalue weighted by molar-refractivity contribution is -0.140. The topological polar surface area (TPSA) is 44.8 Å². The van der Waals surface area contributed by atoms with Crippen molar-refractivity contribution in [3.63, 3.8) is 0 Å². The number of esters is 1. The summed E-state index contributed by atoms with van der Waals surface area (Å²) in [7, 11) is 1.41. The number of hydrogen-bond acceptors (Lipinski definition) is 5. The van der Waals surface area contributed by atoms with Gasteiger partial charge in [0.2, 0.25) is 0 Å². The molecule has 18 heavy (non-hydrogen) atoms. The molecule has 0 N–H and O–H groups in total. The second-order valence-electron chi connectivity index (χ2n) is 3.83. The monoisotopic (exact) mass is 268 g/mol. The molecule has 2 rings (SSSR count). The Bertz CT molecular complexity index is 419. The summed E-state index contributed by atoms with van der Waals surface area (Å²) in [5.74, 6) is 2.34. The zero-order valence-corrected chi connectivity index (χ0v) is 11.1. The SMILES string of the molecule is COC(=O)CCCSc1ccc2c(c1)OCCO2. The van der Waals surface area contributed by atoms with Crippen LogP contribution in [0.2, 0.25) is 0 Å². The van der Waals surface area contributed by atoms with Gasteiger partial charge in [0.05, 0.1) is 7.11 Å². The van der Waals surface area contributed by atoms with E-state index < -0.39 is 0 Å². The molecule has 1 aliphatic heterocycles. The van der Waals surface area contributed by atoms with Crippen molar-refractivity contribution in [3.05, 3.63) is 18.2 Å². The van der Waals surface area contributed by atoms with Crippen molar-refractivity contribution in [2.24, 2.45) is 0 Å². The summed E-state index contributed by atoms with van der Waals surface area (Å²) in [6, 6.07) is 5.92. The molecule has 0 amide bonds. The van der Waals surface area contributed by atoms with E-state index in [1.54, 1.807) is 11.8 Å². The lowest BCUT2D eigenvalue weighted by Crippen LogP contribution is -2.15. The summed E-state index contributed by atoms with van der Waals surface area (Å²) in [5.41, 5.74) is 0. The van der Waals surface area contributed by atoms with Crippen LogP contribution < -0.4 is 9.47 Å². The Kier molecular flexibility index (Phi) is 4.75. The average Bonchev–Trinajstić information content (AvgIpc) is 2.43. The zero-order valence-electron chi connectivity index (χ0n) is 10.3. The highest BCUT2D eigenvalue weighted by molar-refractivity contribution is 7.99. The highest BCUT2D eigenvalue weighted by Gasteiger charge is 2.11. The van der Waals surface area contributed by atoms with Crippen molar-refractivity contribution in [2.75, 3.05) is 26.1 Å². The molecule has 0 radical (unpaired) electrons. The van der Waals surface area contributed by atoms with Crippen molar-refractivity contribution in [1.29, 1.82) is 0 Å². The molecule has 1 heterocycles. The van der Waals surface area contributed by atoms with Gasteiger partial charge in [0, 0.05) is 11.3 Å². The molecule has 0 aromatic heterocycles. The highest BCUT2D eigenvalue weighted by atomic mass is 32.2. The summed E-state index contributed by atoms with van der Waals surface area (Å²) < 4.78 is 15.6. The van der Waals surface area contributed by atoms with Crippen LogP contribution in [-0.2, 0) is 9.53 Å². The van der Waals surface area contributed by atoms with Crippen molar-refractivity contribution in [1.82, 2.24) is 0 Å². The molecule has 0 saturated heterocycles. The first-order valence-corrected chi connectivity index (χ1v) is 6.87. The van der Waals surface area contributed by atoms with Crippen molar-refractivity contribution >= 4 is 17.7 Å². The average molecular weight is 268 g/mol. The van der Waals surface area contributed by atoms with Gasteiger partial charge < -0.3 is 14.2 Å². The van der Waals surface area contributed by atoms with Gasteiger partial charge in [-0.25, -0.2) is 0 Å². The third-order valence-electron chi connectivity index (χ3n) is 2.54. The molecule has 0 saturated carbocycles. The molecular weight excluding hydrogens is 252 g/mol. The van der Waals surface area contributed by atoms with Crippen LogP contribution in [-0.4, -0.2) is 32.0 Å². The molecule has 0 bridgehead atoms. The number of benzene rings is 1. The summed E-state index contributed by atoms with van der Waals surface area (Å²) in [5, 5.41) is 0. The van der Waals surface area contributed by atoms with Crippen LogP contribution >= 0.6 is 11.8 Å². The molecule has 1 aromatic carbocycles. The predicted octanol–water partition coefficient (Wildman–Crippen LogP) is 2.50. The van der Waals surface area contributed by atoms with Gasteiger partial charge in [0.1, 0.15) is 13.2 Å². The molecule has 1 aromatic rings. The van der Waals surface area contributed by atoms with Gasteiger partial charge in [-0.1, -0.05) is 0 Å². The van der Waals surface area contributed by atoms with Crippen molar-refractivity contribution in [3.8, 4) is 11.5 Å². The van der Waals surface area contributed by atoms with Crippen LogP contribution in [0.3, 0.4) is 0 Å². The predicted molar refractivity (Wildman–Crippen MR) is 69.4 cm³/mol. The highest BCUT2D eigenvalue weighted by Crippen LogP contribution is 2.34. The van der Waals surface area contributed by atoms with Crippen LogP contribution in [0.25, 0.3) is 0 Å². The molecular formula is C13H16O4S. The van der Waals surface area contributed by atoms with E-state index in [2.05, 4.69) is 4.74 Å². The summed E-state index contributed by atoms with van der Waals surface area (Å²) in [6.07, 6.45) is 1.28. The molecule has 0 fully saturated rings. The van der Waals surface area contributed by atoms with E-state index in [-0.39, 0.29) is 5.97 Å². The van der Waals surface area contributed by atoms with Gasteiger partial charge >= 0.3 is 5.97 Å². The van der Waals surface area contributed by atoms with E-state index in [1.807, 2.05) is 18.2 Å². The Labute approximate surface area is 111 Å². The fourth-order valence-corrected chi connectivity index (χ4v) is 2.50. The maximum absolute atomic E-state index is 10.9. The lowest BCUT2D eigenvalue weighted by atomic mass is 10.3. The number of carbonyl (C=O) groups is 1. The van der Waals surface area contributed by atoms with Crippen molar-refractivity contribution in [2.45, 2.75) is 17.7 Å². The summed E-state index contributed by atoms with van der Waals surface area (Å²) in [6.45, 7) is 1.21. The van der Waals surface area contributed by atoms with Crippen molar-refractivity contribution < 1.29 is 19.0 Å². The minimum absolute atomic E-state index is 0.155. The fraction of sp³-hybridized carbons (Fsp3) is 0.462. The molecule has 5 heteroatoms. The van der Waals surface area contributed by atoms with E-state index in [0.29, 0.717) is 19.6 Å². The molecule has 1 aliphatic rings. The molecule has 0 unspecified atom stereocenters. The third-order valence-corrected chi connectivity index (χ3v) is 3.62. The minimum Gasteiger partial charge on any atom is -0.486 e. The van der Waals surface area contributed by atoms with E-state index in [4.69, 9.17) is 9.47 Å². The van der Waals surface area contributed by atoms with E-state index in [1.165, 1.54) is 7.11 Å². The number of carbonyl (C=O) groups excluding carboxylic acids is 1. The number of rotatable bonds is 5. The summed E-state index contributed by atoms with van der Waals surface area (Å²) >= 11 is 1.70. The van der Waals surface area contributed by atoms with Gasteiger partial charge in [0.15, 0.2) is 11.5 Å². The molecule has 4 nitrogen and oxygen atoms in total. The second-order valence-corrected chi connectivity index (χ2v) is 5.00. The first kappa shape index (κ1) is 13.1. The molecule has 0 spiro atoms. The zero-order chi connectivity index (χ0) is 12.8. The standard InChI is InChI=1S/C13H16O4S/c1-15-13(14)3-2-8-18-10-4-5-11-12(9-10)17-7-6-16-11/h4-5,9H,2-3,6-8H2,1H3. The third kappa shape index (κ3) is 3.57. The van der Waals surface area contributed by atoms with E-state index >= 15 is 0 Å². The van der Waals surface area contributed by atoms with Crippen LogP contribution in [0.1, 0.15) is 12.8 Å².